The monoisotopic (exact) mass is 344 g/mol. The van der Waals surface area contributed by atoms with E-state index in [2.05, 4.69) is 15.6 Å². The van der Waals surface area contributed by atoms with Crippen LogP contribution in [0.2, 0.25) is 0 Å². The summed E-state index contributed by atoms with van der Waals surface area (Å²) in [5.41, 5.74) is 1.10. The smallest absolute Gasteiger partial charge is 0.326 e. The normalized spacial score (nSPS) is 14.8. The maximum absolute atomic E-state index is 13.7. The predicted molar refractivity (Wildman–Crippen MR) is 94.6 cm³/mol. The van der Waals surface area contributed by atoms with Crippen molar-refractivity contribution >= 4 is 17.4 Å². The largest absolute Gasteiger partial charge is 0.481 e. The number of methoxy groups -OCH3 is 1. The van der Waals surface area contributed by atoms with E-state index < -0.39 is 0 Å². The van der Waals surface area contributed by atoms with Crippen LogP contribution < -0.4 is 20.3 Å². The Morgan fingerprint density at radius 2 is 2.12 bits per heavy atom. The van der Waals surface area contributed by atoms with Crippen LogP contribution in [-0.2, 0) is 0 Å². The predicted octanol–water partition coefficient (Wildman–Crippen LogP) is 3.02. The van der Waals surface area contributed by atoms with Crippen molar-refractivity contribution in [3.63, 3.8) is 0 Å². The fourth-order valence-electron chi connectivity index (χ4n) is 2.94. The number of aromatic nitrogens is 1. The molecular formula is C18H21FN4O2. The standard InChI is InChI=1S/C18H21FN4O2/c1-25-17-6-5-14(12-21-17)22-18(24)23(15-7-9-20-10-8-15)16-4-2-3-13(19)11-16/h2-6,11-12,15,20H,7-10H2,1H3,(H,22,24). The molecule has 1 saturated heterocycles. The molecule has 25 heavy (non-hydrogen) atoms. The summed E-state index contributed by atoms with van der Waals surface area (Å²) in [5.74, 6) is 0.105. The Labute approximate surface area is 146 Å². The molecule has 2 N–H and O–H groups in total. The fourth-order valence-corrected chi connectivity index (χ4v) is 2.94. The number of amides is 2. The Kier molecular flexibility index (Phi) is 5.45. The molecule has 0 aliphatic carbocycles. The molecule has 1 aliphatic rings. The summed E-state index contributed by atoms with van der Waals surface area (Å²) in [7, 11) is 1.53. The lowest BCUT2D eigenvalue weighted by Crippen LogP contribution is -2.48. The van der Waals surface area contributed by atoms with Crippen molar-refractivity contribution in [2.24, 2.45) is 0 Å². The van der Waals surface area contributed by atoms with E-state index in [-0.39, 0.29) is 17.9 Å². The Morgan fingerprint density at radius 3 is 2.76 bits per heavy atom. The SMILES string of the molecule is COc1ccc(NC(=O)N(c2cccc(F)c2)C2CCNCC2)cn1. The summed E-state index contributed by atoms with van der Waals surface area (Å²) < 4.78 is 18.7. The maximum Gasteiger partial charge on any atom is 0.326 e. The van der Waals surface area contributed by atoms with Crippen molar-refractivity contribution in [3.05, 3.63) is 48.4 Å². The highest BCUT2D eigenvalue weighted by molar-refractivity contribution is 6.02. The Morgan fingerprint density at radius 1 is 1.32 bits per heavy atom. The lowest BCUT2D eigenvalue weighted by molar-refractivity contribution is 0.252. The van der Waals surface area contributed by atoms with Crippen LogP contribution in [0.1, 0.15) is 12.8 Å². The first-order valence-electron chi connectivity index (χ1n) is 8.24. The molecule has 1 aliphatic heterocycles. The van der Waals surface area contributed by atoms with Gasteiger partial charge < -0.3 is 15.4 Å². The van der Waals surface area contributed by atoms with Gasteiger partial charge in [0.2, 0.25) is 5.88 Å². The van der Waals surface area contributed by atoms with E-state index in [0.717, 1.165) is 25.9 Å². The summed E-state index contributed by atoms with van der Waals surface area (Å²) in [6, 6.07) is 9.21. The molecule has 0 saturated carbocycles. The third-order valence-corrected chi connectivity index (χ3v) is 4.18. The molecule has 0 bridgehead atoms. The van der Waals surface area contributed by atoms with Crippen molar-refractivity contribution in [2.45, 2.75) is 18.9 Å². The number of pyridine rings is 1. The number of carbonyl (C=O) groups is 1. The molecule has 0 spiro atoms. The number of rotatable bonds is 4. The van der Waals surface area contributed by atoms with Gasteiger partial charge in [0.25, 0.3) is 0 Å². The molecule has 1 fully saturated rings. The van der Waals surface area contributed by atoms with Crippen LogP contribution in [0, 0.1) is 5.82 Å². The molecule has 0 atom stereocenters. The molecule has 7 heteroatoms. The van der Waals surface area contributed by atoms with Crippen LogP contribution in [0.5, 0.6) is 5.88 Å². The minimum atomic E-state index is -0.365. The maximum atomic E-state index is 13.7. The molecule has 2 aromatic rings. The van der Waals surface area contributed by atoms with E-state index >= 15 is 0 Å². The van der Waals surface area contributed by atoms with Crippen molar-refractivity contribution < 1.29 is 13.9 Å². The van der Waals surface area contributed by atoms with Crippen LogP contribution >= 0.6 is 0 Å². The average molecular weight is 344 g/mol. The van der Waals surface area contributed by atoms with Gasteiger partial charge in [-0.25, -0.2) is 14.2 Å². The summed E-state index contributed by atoms with van der Waals surface area (Å²) in [4.78, 5) is 18.6. The van der Waals surface area contributed by atoms with E-state index in [1.165, 1.54) is 25.4 Å². The summed E-state index contributed by atoms with van der Waals surface area (Å²) in [5, 5.41) is 6.11. The Balaban J connectivity index is 1.83. The zero-order valence-corrected chi connectivity index (χ0v) is 14.0. The van der Waals surface area contributed by atoms with E-state index in [9.17, 15) is 9.18 Å². The van der Waals surface area contributed by atoms with Gasteiger partial charge in [0, 0.05) is 17.8 Å². The van der Waals surface area contributed by atoms with Gasteiger partial charge in [-0.3, -0.25) is 4.90 Å². The molecule has 6 nitrogen and oxygen atoms in total. The first-order valence-corrected chi connectivity index (χ1v) is 8.24. The Hall–Kier alpha value is -2.67. The van der Waals surface area contributed by atoms with Gasteiger partial charge >= 0.3 is 6.03 Å². The number of piperidine rings is 1. The first kappa shape index (κ1) is 17.2. The summed E-state index contributed by atoms with van der Waals surface area (Å²) >= 11 is 0. The van der Waals surface area contributed by atoms with Crippen LogP contribution in [0.15, 0.2) is 42.6 Å². The average Bonchev–Trinajstić information content (AvgIpc) is 2.63. The second-order valence-electron chi connectivity index (χ2n) is 5.85. The van der Waals surface area contributed by atoms with Crippen LogP contribution in [0.3, 0.4) is 0 Å². The quantitative estimate of drug-likeness (QED) is 0.895. The molecule has 2 amide bonds. The van der Waals surface area contributed by atoms with Gasteiger partial charge in [-0.1, -0.05) is 6.07 Å². The number of benzene rings is 1. The van der Waals surface area contributed by atoms with Gasteiger partial charge in [0.15, 0.2) is 0 Å². The molecule has 0 radical (unpaired) electrons. The minimum Gasteiger partial charge on any atom is -0.481 e. The van der Waals surface area contributed by atoms with Crippen molar-refractivity contribution in [1.29, 1.82) is 0 Å². The lowest BCUT2D eigenvalue weighted by atomic mass is 10.0. The highest BCUT2D eigenvalue weighted by Gasteiger charge is 2.27. The molecule has 1 aromatic carbocycles. The summed E-state index contributed by atoms with van der Waals surface area (Å²) in [6.07, 6.45) is 3.15. The number of hydrogen-bond donors (Lipinski definition) is 2. The molecule has 0 unspecified atom stereocenters. The van der Waals surface area contributed by atoms with Crippen LogP contribution in [-0.4, -0.2) is 37.3 Å². The van der Waals surface area contributed by atoms with E-state index in [4.69, 9.17) is 4.74 Å². The molecule has 3 rings (SSSR count). The number of carbonyl (C=O) groups excluding carboxylic acids is 1. The highest BCUT2D eigenvalue weighted by Crippen LogP contribution is 2.24. The first-order chi connectivity index (χ1) is 12.2. The second-order valence-corrected chi connectivity index (χ2v) is 5.85. The van der Waals surface area contributed by atoms with Crippen LogP contribution in [0.25, 0.3) is 0 Å². The summed E-state index contributed by atoms with van der Waals surface area (Å²) in [6.45, 7) is 1.65. The number of anilines is 2. The van der Waals surface area contributed by atoms with Gasteiger partial charge in [-0.2, -0.15) is 0 Å². The topological polar surface area (TPSA) is 66.5 Å². The third kappa shape index (κ3) is 4.24. The molecular weight excluding hydrogens is 323 g/mol. The van der Waals surface area contributed by atoms with Crippen molar-refractivity contribution in [3.8, 4) is 5.88 Å². The van der Waals surface area contributed by atoms with Gasteiger partial charge in [-0.05, 0) is 50.2 Å². The lowest BCUT2D eigenvalue weighted by Gasteiger charge is -2.34. The number of nitrogens with one attached hydrogen (secondary N) is 2. The Bertz CT molecular complexity index is 717. The third-order valence-electron chi connectivity index (χ3n) is 4.18. The van der Waals surface area contributed by atoms with E-state index in [1.807, 2.05) is 0 Å². The van der Waals surface area contributed by atoms with Crippen molar-refractivity contribution in [1.82, 2.24) is 10.3 Å². The fraction of sp³-hybridized carbons (Fsp3) is 0.333. The zero-order valence-electron chi connectivity index (χ0n) is 14.0. The number of halogens is 1. The number of urea groups is 1. The van der Waals surface area contributed by atoms with Gasteiger partial charge in [-0.15, -0.1) is 0 Å². The number of hydrogen-bond acceptors (Lipinski definition) is 4. The highest BCUT2D eigenvalue weighted by atomic mass is 19.1. The molecule has 2 heterocycles. The van der Waals surface area contributed by atoms with Gasteiger partial charge in [0.05, 0.1) is 19.0 Å². The van der Waals surface area contributed by atoms with Gasteiger partial charge in [0.1, 0.15) is 5.82 Å². The number of nitrogens with zero attached hydrogens (tertiary/aromatic N) is 2. The zero-order chi connectivity index (χ0) is 17.6. The van der Waals surface area contributed by atoms with Crippen LogP contribution in [0.4, 0.5) is 20.6 Å². The number of ether oxygens (including phenoxy) is 1. The van der Waals surface area contributed by atoms with E-state index in [1.54, 1.807) is 29.2 Å². The second kappa shape index (κ2) is 7.94. The van der Waals surface area contributed by atoms with E-state index in [0.29, 0.717) is 17.3 Å². The minimum absolute atomic E-state index is 0.00857. The molecule has 1 aromatic heterocycles. The van der Waals surface area contributed by atoms with Crippen molar-refractivity contribution in [2.75, 3.05) is 30.4 Å². The molecule has 132 valence electrons.